The van der Waals surface area contributed by atoms with Crippen LogP contribution in [0.5, 0.6) is 5.75 Å². The summed E-state index contributed by atoms with van der Waals surface area (Å²) in [5, 5.41) is 3.01. The number of amides is 1. The van der Waals surface area contributed by atoms with Crippen molar-refractivity contribution in [3.05, 3.63) is 59.2 Å². The van der Waals surface area contributed by atoms with Crippen molar-refractivity contribution in [2.75, 3.05) is 11.9 Å². The van der Waals surface area contributed by atoms with E-state index < -0.39 is 0 Å². The number of aryl methyl sites for hydroxylation is 3. The van der Waals surface area contributed by atoms with E-state index in [1.54, 1.807) is 0 Å². The molecule has 1 N–H and O–H groups in total. The highest BCUT2D eigenvalue weighted by Crippen LogP contribution is 2.22. The van der Waals surface area contributed by atoms with E-state index in [1.807, 2.05) is 37.3 Å². The molecule has 0 spiro atoms. The Bertz CT molecular complexity index is 627. The van der Waals surface area contributed by atoms with Crippen LogP contribution in [0.1, 0.15) is 30.5 Å². The first-order valence-corrected chi connectivity index (χ1v) is 7.74. The van der Waals surface area contributed by atoms with Gasteiger partial charge < -0.3 is 10.1 Å². The van der Waals surface area contributed by atoms with E-state index in [9.17, 15) is 4.79 Å². The molecule has 0 fully saturated rings. The summed E-state index contributed by atoms with van der Waals surface area (Å²) in [5.74, 6) is 0.621. The zero-order chi connectivity index (χ0) is 15.9. The van der Waals surface area contributed by atoms with Gasteiger partial charge in [0.1, 0.15) is 5.75 Å². The average molecular weight is 297 g/mol. The number of anilines is 1. The minimum Gasteiger partial charge on any atom is -0.483 e. The molecule has 0 radical (unpaired) electrons. The number of hydrogen-bond donors (Lipinski definition) is 1. The summed E-state index contributed by atoms with van der Waals surface area (Å²) in [6.07, 6.45) is 1.78. The zero-order valence-electron chi connectivity index (χ0n) is 13.5. The third-order valence-corrected chi connectivity index (χ3v) is 3.72. The molecule has 2 aromatic carbocycles. The first-order chi connectivity index (χ1) is 10.7. The van der Waals surface area contributed by atoms with Gasteiger partial charge in [-0.1, -0.05) is 50.2 Å². The van der Waals surface area contributed by atoms with Crippen LogP contribution in [0.4, 0.5) is 5.69 Å². The Kier molecular flexibility index (Phi) is 5.59. The van der Waals surface area contributed by atoms with Crippen LogP contribution in [0.15, 0.2) is 42.5 Å². The predicted molar refractivity (Wildman–Crippen MR) is 90.5 cm³/mol. The first-order valence-electron chi connectivity index (χ1n) is 7.74. The SMILES string of the molecule is CCc1cccc(CC)c1NC(=O)COc1ccccc1C. The average Bonchev–Trinajstić information content (AvgIpc) is 2.54. The molecule has 0 aliphatic rings. The summed E-state index contributed by atoms with van der Waals surface area (Å²) in [4.78, 5) is 12.2. The van der Waals surface area contributed by atoms with E-state index in [4.69, 9.17) is 4.74 Å². The fraction of sp³-hybridized carbons (Fsp3) is 0.316. The van der Waals surface area contributed by atoms with Crippen LogP contribution in [-0.4, -0.2) is 12.5 Å². The summed E-state index contributed by atoms with van der Waals surface area (Å²) in [7, 11) is 0. The largest absolute Gasteiger partial charge is 0.483 e. The Morgan fingerprint density at radius 1 is 1.00 bits per heavy atom. The van der Waals surface area contributed by atoms with Crippen LogP contribution in [-0.2, 0) is 17.6 Å². The van der Waals surface area contributed by atoms with Crippen molar-refractivity contribution < 1.29 is 9.53 Å². The molecule has 0 aromatic heterocycles. The Hall–Kier alpha value is -2.29. The molecule has 116 valence electrons. The number of benzene rings is 2. The minimum atomic E-state index is -0.126. The molecule has 0 saturated carbocycles. The molecule has 22 heavy (non-hydrogen) atoms. The van der Waals surface area contributed by atoms with E-state index in [2.05, 4.69) is 31.3 Å². The normalized spacial score (nSPS) is 10.3. The number of hydrogen-bond acceptors (Lipinski definition) is 2. The van der Waals surface area contributed by atoms with Gasteiger partial charge in [-0.3, -0.25) is 4.79 Å². The van der Waals surface area contributed by atoms with Crippen LogP contribution in [0.2, 0.25) is 0 Å². The summed E-state index contributed by atoms with van der Waals surface area (Å²) in [5.41, 5.74) is 4.27. The lowest BCUT2D eigenvalue weighted by Gasteiger charge is -2.15. The molecule has 0 unspecified atom stereocenters. The number of carbonyl (C=O) groups excluding carboxylic acids is 1. The summed E-state index contributed by atoms with van der Waals surface area (Å²) < 4.78 is 5.61. The van der Waals surface area contributed by atoms with E-state index in [0.717, 1.165) is 41.0 Å². The van der Waals surface area contributed by atoms with E-state index in [1.165, 1.54) is 0 Å². The molecular weight excluding hydrogens is 274 g/mol. The van der Waals surface area contributed by atoms with Gasteiger partial charge >= 0.3 is 0 Å². The molecule has 0 aliphatic carbocycles. The van der Waals surface area contributed by atoms with Crippen molar-refractivity contribution >= 4 is 11.6 Å². The van der Waals surface area contributed by atoms with Gasteiger partial charge in [-0.2, -0.15) is 0 Å². The van der Waals surface area contributed by atoms with Crippen molar-refractivity contribution in [2.24, 2.45) is 0 Å². The number of rotatable bonds is 6. The summed E-state index contributed by atoms with van der Waals surface area (Å²) in [6.45, 7) is 6.17. The summed E-state index contributed by atoms with van der Waals surface area (Å²) >= 11 is 0. The zero-order valence-corrected chi connectivity index (χ0v) is 13.5. The third-order valence-electron chi connectivity index (χ3n) is 3.72. The highest BCUT2D eigenvalue weighted by molar-refractivity contribution is 5.93. The molecule has 0 bridgehead atoms. The van der Waals surface area contributed by atoms with Gasteiger partial charge in [-0.05, 0) is 42.5 Å². The molecule has 2 rings (SSSR count). The smallest absolute Gasteiger partial charge is 0.262 e. The first kappa shape index (κ1) is 16.1. The van der Waals surface area contributed by atoms with E-state index in [0.29, 0.717) is 0 Å². The molecule has 0 aliphatic heterocycles. The van der Waals surface area contributed by atoms with Crippen LogP contribution in [0, 0.1) is 6.92 Å². The molecule has 0 atom stereocenters. The number of para-hydroxylation sites is 2. The maximum atomic E-state index is 12.2. The third kappa shape index (κ3) is 3.88. The van der Waals surface area contributed by atoms with Gasteiger partial charge in [0.2, 0.25) is 0 Å². The highest BCUT2D eigenvalue weighted by atomic mass is 16.5. The Balaban J connectivity index is 2.05. The lowest BCUT2D eigenvalue weighted by atomic mass is 10.0. The van der Waals surface area contributed by atoms with Crippen LogP contribution < -0.4 is 10.1 Å². The highest BCUT2D eigenvalue weighted by Gasteiger charge is 2.11. The maximum absolute atomic E-state index is 12.2. The van der Waals surface area contributed by atoms with Gasteiger partial charge in [0.05, 0.1) is 0 Å². The van der Waals surface area contributed by atoms with E-state index >= 15 is 0 Å². The summed E-state index contributed by atoms with van der Waals surface area (Å²) in [6, 6.07) is 13.8. The van der Waals surface area contributed by atoms with Gasteiger partial charge in [-0.15, -0.1) is 0 Å². The van der Waals surface area contributed by atoms with Crippen LogP contribution >= 0.6 is 0 Å². The molecule has 0 saturated heterocycles. The van der Waals surface area contributed by atoms with Gasteiger partial charge in [0, 0.05) is 5.69 Å². The fourth-order valence-electron chi connectivity index (χ4n) is 2.44. The predicted octanol–water partition coefficient (Wildman–Crippen LogP) is 4.14. The number of ether oxygens (including phenoxy) is 1. The van der Waals surface area contributed by atoms with Crippen LogP contribution in [0.3, 0.4) is 0 Å². The van der Waals surface area contributed by atoms with Crippen molar-refractivity contribution in [3.63, 3.8) is 0 Å². The number of carbonyl (C=O) groups is 1. The van der Waals surface area contributed by atoms with Crippen molar-refractivity contribution in [1.29, 1.82) is 0 Å². The minimum absolute atomic E-state index is 0.0199. The molecule has 3 heteroatoms. The number of nitrogens with one attached hydrogen (secondary N) is 1. The van der Waals surface area contributed by atoms with Crippen molar-refractivity contribution in [2.45, 2.75) is 33.6 Å². The standard InChI is InChI=1S/C19H23NO2/c1-4-15-10-8-11-16(5-2)19(15)20-18(21)13-22-17-12-7-6-9-14(17)3/h6-12H,4-5,13H2,1-3H3,(H,20,21). The second-order valence-corrected chi connectivity index (χ2v) is 5.26. The van der Waals surface area contributed by atoms with Crippen molar-refractivity contribution in [1.82, 2.24) is 0 Å². The molecule has 2 aromatic rings. The monoisotopic (exact) mass is 297 g/mol. The fourth-order valence-corrected chi connectivity index (χ4v) is 2.44. The lowest BCUT2D eigenvalue weighted by Crippen LogP contribution is -2.22. The van der Waals surface area contributed by atoms with Gasteiger partial charge in [0.25, 0.3) is 5.91 Å². The lowest BCUT2D eigenvalue weighted by molar-refractivity contribution is -0.118. The van der Waals surface area contributed by atoms with E-state index in [-0.39, 0.29) is 12.5 Å². The quantitative estimate of drug-likeness (QED) is 0.870. The molecular formula is C19H23NO2. The topological polar surface area (TPSA) is 38.3 Å². The molecule has 1 amide bonds. The second kappa shape index (κ2) is 7.64. The molecule has 0 heterocycles. The molecule has 3 nitrogen and oxygen atoms in total. The Morgan fingerprint density at radius 2 is 1.64 bits per heavy atom. The Morgan fingerprint density at radius 3 is 2.23 bits per heavy atom. The second-order valence-electron chi connectivity index (χ2n) is 5.26. The van der Waals surface area contributed by atoms with Crippen LogP contribution in [0.25, 0.3) is 0 Å². The van der Waals surface area contributed by atoms with Gasteiger partial charge in [-0.25, -0.2) is 0 Å². The maximum Gasteiger partial charge on any atom is 0.262 e. The van der Waals surface area contributed by atoms with Gasteiger partial charge in [0.15, 0.2) is 6.61 Å². The Labute approximate surface area is 132 Å². The van der Waals surface area contributed by atoms with Crippen molar-refractivity contribution in [3.8, 4) is 5.75 Å².